The summed E-state index contributed by atoms with van der Waals surface area (Å²) >= 11 is 6.55. The van der Waals surface area contributed by atoms with Crippen LogP contribution in [0.4, 0.5) is 5.69 Å². The van der Waals surface area contributed by atoms with E-state index in [9.17, 15) is 18.0 Å². The normalized spacial score (nSPS) is 12.6. The topological polar surface area (TPSA) is 86.8 Å². The molecule has 0 heterocycles. The third kappa shape index (κ3) is 8.27. The summed E-state index contributed by atoms with van der Waals surface area (Å²) in [5.74, 6) is -0.860. The number of nitrogens with one attached hydrogen (secondary N) is 1. The number of rotatable bonds is 13. The van der Waals surface area contributed by atoms with Gasteiger partial charge in [0.1, 0.15) is 12.6 Å². The predicted octanol–water partition coefficient (Wildman–Crippen LogP) is 6.40. The van der Waals surface area contributed by atoms with E-state index in [0.29, 0.717) is 22.7 Å². The summed E-state index contributed by atoms with van der Waals surface area (Å²) in [7, 11) is -4.15. The first-order chi connectivity index (χ1) is 21.1. The molecule has 0 aliphatic carbocycles. The standard InChI is InChI=1S/C35H38ClN3O4S/c1-4-27(3)37-35(41)33(23-28-13-7-5-8-14-28)38(24-29-15-11-12-18-32(29)36)34(40)25-39(30-21-19-26(2)20-22-30)44(42,43)31-16-9-6-10-17-31/h5-22,27,33H,4,23-25H2,1-3H3,(H,37,41)/t27-,33-/m1/s1. The first-order valence-electron chi connectivity index (χ1n) is 14.6. The molecule has 4 rings (SSSR count). The van der Waals surface area contributed by atoms with Gasteiger partial charge in [0.05, 0.1) is 10.6 Å². The summed E-state index contributed by atoms with van der Waals surface area (Å²) in [6.07, 6.45) is 0.939. The predicted molar refractivity (Wildman–Crippen MR) is 176 cm³/mol. The van der Waals surface area contributed by atoms with Crippen molar-refractivity contribution < 1.29 is 18.0 Å². The summed E-state index contributed by atoms with van der Waals surface area (Å²) in [4.78, 5) is 29.9. The van der Waals surface area contributed by atoms with Crippen LogP contribution in [0.15, 0.2) is 114 Å². The number of anilines is 1. The molecule has 2 atom stereocenters. The van der Waals surface area contributed by atoms with Gasteiger partial charge in [-0.1, -0.05) is 103 Å². The van der Waals surface area contributed by atoms with Crippen molar-refractivity contribution in [3.05, 3.63) is 131 Å². The summed E-state index contributed by atoms with van der Waals surface area (Å²) in [6.45, 7) is 5.27. The van der Waals surface area contributed by atoms with Crippen LogP contribution >= 0.6 is 11.6 Å². The van der Waals surface area contributed by atoms with E-state index in [0.717, 1.165) is 15.4 Å². The average molecular weight is 632 g/mol. The van der Waals surface area contributed by atoms with Crippen molar-refractivity contribution in [2.45, 2.75) is 57.1 Å². The van der Waals surface area contributed by atoms with E-state index in [2.05, 4.69) is 5.32 Å². The van der Waals surface area contributed by atoms with Gasteiger partial charge >= 0.3 is 0 Å². The highest BCUT2D eigenvalue weighted by atomic mass is 35.5. The monoisotopic (exact) mass is 631 g/mol. The minimum Gasteiger partial charge on any atom is -0.352 e. The molecule has 0 unspecified atom stereocenters. The fraction of sp³-hybridized carbons (Fsp3) is 0.257. The minimum absolute atomic E-state index is 0.0110. The SMILES string of the molecule is CC[C@@H](C)NC(=O)[C@@H](Cc1ccccc1)N(Cc1ccccc1Cl)C(=O)CN(c1ccc(C)cc1)S(=O)(=O)c1ccccc1. The Morgan fingerprint density at radius 2 is 1.43 bits per heavy atom. The maximum atomic E-state index is 14.5. The van der Waals surface area contributed by atoms with Gasteiger partial charge in [-0.25, -0.2) is 8.42 Å². The van der Waals surface area contributed by atoms with E-state index < -0.39 is 28.5 Å². The van der Waals surface area contributed by atoms with Crippen molar-refractivity contribution in [3.8, 4) is 0 Å². The molecule has 0 saturated carbocycles. The van der Waals surface area contributed by atoms with E-state index in [1.807, 2.05) is 57.2 Å². The first-order valence-corrected chi connectivity index (χ1v) is 16.4. The highest BCUT2D eigenvalue weighted by molar-refractivity contribution is 7.92. The number of carbonyl (C=O) groups excluding carboxylic acids is 2. The molecule has 2 amide bonds. The summed E-state index contributed by atoms with van der Waals surface area (Å²) in [5, 5.41) is 3.48. The molecule has 0 aliphatic heterocycles. The molecule has 230 valence electrons. The van der Waals surface area contributed by atoms with Crippen molar-refractivity contribution >= 4 is 39.1 Å². The number of carbonyl (C=O) groups is 2. The van der Waals surface area contributed by atoms with Crippen molar-refractivity contribution in [2.75, 3.05) is 10.8 Å². The molecule has 0 spiro atoms. The zero-order valence-electron chi connectivity index (χ0n) is 25.2. The molecule has 0 fully saturated rings. The number of hydrogen-bond donors (Lipinski definition) is 1. The van der Waals surface area contributed by atoms with E-state index in [1.54, 1.807) is 60.7 Å². The van der Waals surface area contributed by atoms with Crippen molar-refractivity contribution in [1.82, 2.24) is 10.2 Å². The van der Waals surface area contributed by atoms with Gasteiger partial charge in [0.25, 0.3) is 10.0 Å². The second-order valence-electron chi connectivity index (χ2n) is 10.8. The highest BCUT2D eigenvalue weighted by Crippen LogP contribution is 2.26. The lowest BCUT2D eigenvalue weighted by Crippen LogP contribution is -2.54. The van der Waals surface area contributed by atoms with Gasteiger partial charge in [-0.05, 0) is 61.7 Å². The maximum Gasteiger partial charge on any atom is 0.264 e. The number of aryl methyl sites for hydroxylation is 1. The smallest absolute Gasteiger partial charge is 0.264 e. The van der Waals surface area contributed by atoms with Crippen LogP contribution in [0.2, 0.25) is 5.02 Å². The third-order valence-corrected chi connectivity index (χ3v) is 9.66. The highest BCUT2D eigenvalue weighted by Gasteiger charge is 2.35. The first kappa shape index (κ1) is 32.8. The second-order valence-corrected chi connectivity index (χ2v) is 13.1. The van der Waals surface area contributed by atoms with Crippen LogP contribution in [-0.4, -0.2) is 43.8 Å². The Hall–Kier alpha value is -4.14. The Labute approximate surface area is 265 Å². The van der Waals surface area contributed by atoms with Crippen LogP contribution in [0.5, 0.6) is 0 Å². The third-order valence-electron chi connectivity index (χ3n) is 7.50. The molecular formula is C35H38ClN3O4S. The largest absolute Gasteiger partial charge is 0.352 e. The summed E-state index contributed by atoms with van der Waals surface area (Å²) in [5.41, 5.74) is 2.79. The molecular weight excluding hydrogens is 594 g/mol. The van der Waals surface area contributed by atoms with E-state index in [1.165, 1.54) is 17.0 Å². The van der Waals surface area contributed by atoms with E-state index in [4.69, 9.17) is 11.6 Å². The van der Waals surface area contributed by atoms with Gasteiger partial charge in [-0.3, -0.25) is 13.9 Å². The van der Waals surface area contributed by atoms with Gasteiger partial charge in [0, 0.05) is 24.0 Å². The zero-order valence-corrected chi connectivity index (χ0v) is 26.8. The molecule has 9 heteroatoms. The number of hydrogen-bond acceptors (Lipinski definition) is 4. The maximum absolute atomic E-state index is 14.5. The molecule has 4 aromatic carbocycles. The molecule has 0 aromatic heterocycles. The Kier molecular flexibility index (Phi) is 11.2. The van der Waals surface area contributed by atoms with Gasteiger partial charge in [0.15, 0.2) is 0 Å². The Balaban J connectivity index is 1.80. The van der Waals surface area contributed by atoms with Crippen LogP contribution in [0.3, 0.4) is 0 Å². The minimum atomic E-state index is -4.15. The van der Waals surface area contributed by atoms with E-state index >= 15 is 0 Å². The van der Waals surface area contributed by atoms with Crippen molar-refractivity contribution in [3.63, 3.8) is 0 Å². The van der Waals surface area contributed by atoms with Crippen molar-refractivity contribution in [1.29, 1.82) is 0 Å². The molecule has 0 saturated heterocycles. The Morgan fingerprint density at radius 3 is 2.05 bits per heavy atom. The molecule has 4 aromatic rings. The number of amides is 2. The number of nitrogens with zero attached hydrogens (tertiary/aromatic N) is 2. The molecule has 0 radical (unpaired) electrons. The van der Waals surface area contributed by atoms with Gasteiger partial charge < -0.3 is 10.2 Å². The van der Waals surface area contributed by atoms with Crippen molar-refractivity contribution in [2.24, 2.45) is 0 Å². The fourth-order valence-electron chi connectivity index (χ4n) is 4.76. The Morgan fingerprint density at radius 1 is 0.841 bits per heavy atom. The van der Waals surface area contributed by atoms with Gasteiger partial charge in [-0.2, -0.15) is 0 Å². The van der Waals surface area contributed by atoms with Gasteiger partial charge in [0.2, 0.25) is 11.8 Å². The lowest BCUT2D eigenvalue weighted by Gasteiger charge is -2.34. The van der Waals surface area contributed by atoms with Crippen LogP contribution in [0.25, 0.3) is 0 Å². The summed E-state index contributed by atoms with van der Waals surface area (Å²) < 4.78 is 29.2. The average Bonchev–Trinajstić information content (AvgIpc) is 3.03. The van der Waals surface area contributed by atoms with Gasteiger partial charge in [-0.15, -0.1) is 0 Å². The number of sulfonamides is 1. The molecule has 44 heavy (non-hydrogen) atoms. The van der Waals surface area contributed by atoms with Crippen LogP contribution in [-0.2, 0) is 32.6 Å². The Bertz CT molecular complexity index is 1650. The molecule has 0 aliphatic rings. The summed E-state index contributed by atoms with van der Waals surface area (Å²) in [6, 6.07) is 30.5. The molecule has 1 N–H and O–H groups in total. The molecule has 0 bridgehead atoms. The zero-order chi connectivity index (χ0) is 31.7. The lowest BCUT2D eigenvalue weighted by atomic mass is 10.0. The quantitative estimate of drug-likeness (QED) is 0.185. The van der Waals surface area contributed by atoms with Crippen LogP contribution in [0.1, 0.15) is 37.0 Å². The second kappa shape index (κ2) is 15.0. The van der Waals surface area contributed by atoms with Crippen LogP contribution in [0, 0.1) is 6.92 Å². The molecule has 7 nitrogen and oxygen atoms in total. The number of halogens is 1. The fourth-order valence-corrected chi connectivity index (χ4v) is 6.40. The van der Waals surface area contributed by atoms with Crippen LogP contribution < -0.4 is 9.62 Å². The van der Waals surface area contributed by atoms with E-state index in [-0.39, 0.29) is 29.8 Å². The lowest BCUT2D eigenvalue weighted by molar-refractivity contribution is -0.140. The number of benzene rings is 4.